The first-order valence-electron chi connectivity index (χ1n) is 4.89. The molecular formula is C11H15N3OS. The van der Waals surface area contributed by atoms with Gasteiger partial charge < -0.3 is 16.4 Å². The number of anilines is 1. The van der Waals surface area contributed by atoms with E-state index in [2.05, 4.69) is 10.6 Å². The monoisotopic (exact) mass is 237 g/mol. The minimum absolute atomic E-state index is 0.0876. The van der Waals surface area contributed by atoms with Crippen molar-refractivity contribution in [1.29, 1.82) is 0 Å². The Hall–Kier alpha value is -1.62. The first-order valence-corrected chi connectivity index (χ1v) is 5.30. The van der Waals surface area contributed by atoms with Crippen LogP contribution >= 0.6 is 12.2 Å². The van der Waals surface area contributed by atoms with Crippen LogP contribution in [-0.4, -0.2) is 24.5 Å². The largest absolute Gasteiger partial charge is 0.389 e. The molecule has 1 amide bonds. The molecule has 4 N–H and O–H groups in total. The minimum atomic E-state index is -0.0876. The third-order valence-corrected chi connectivity index (χ3v) is 2.38. The van der Waals surface area contributed by atoms with Gasteiger partial charge in [0.2, 0.25) is 5.91 Å². The van der Waals surface area contributed by atoms with Gasteiger partial charge in [-0.1, -0.05) is 18.3 Å². The van der Waals surface area contributed by atoms with Crippen molar-refractivity contribution >= 4 is 28.8 Å². The number of hydrogen-bond donors (Lipinski definition) is 3. The Morgan fingerprint density at radius 3 is 2.75 bits per heavy atom. The van der Waals surface area contributed by atoms with Crippen LogP contribution in [0.5, 0.6) is 0 Å². The average molecular weight is 237 g/mol. The summed E-state index contributed by atoms with van der Waals surface area (Å²) in [5.41, 5.74) is 8.22. The van der Waals surface area contributed by atoms with E-state index in [1.54, 1.807) is 7.05 Å². The van der Waals surface area contributed by atoms with Gasteiger partial charge in [-0.2, -0.15) is 0 Å². The number of nitrogens with two attached hydrogens (primary N) is 1. The number of aryl methyl sites for hydroxylation is 1. The van der Waals surface area contributed by atoms with Crippen LogP contribution in [0.1, 0.15) is 11.1 Å². The third kappa shape index (κ3) is 3.20. The number of rotatable bonds is 4. The molecule has 16 heavy (non-hydrogen) atoms. The Labute approximate surface area is 100 Å². The Bertz CT molecular complexity index is 418. The lowest BCUT2D eigenvalue weighted by Gasteiger charge is -2.11. The number of thiocarbonyl (C=S) groups is 1. The van der Waals surface area contributed by atoms with Gasteiger partial charge in [0.05, 0.1) is 6.54 Å². The first-order chi connectivity index (χ1) is 7.54. The number of likely N-dealkylation sites (N-methyl/N-ethyl adjacent to an activating group) is 1. The third-order valence-electron chi connectivity index (χ3n) is 2.16. The molecule has 5 heteroatoms. The maximum atomic E-state index is 11.1. The van der Waals surface area contributed by atoms with Crippen molar-refractivity contribution in [2.24, 2.45) is 5.73 Å². The molecule has 4 nitrogen and oxygen atoms in total. The number of benzene rings is 1. The summed E-state index contributed by atoms with van der Waals surface area (Å²) in [4.78, 5) is 11.4. The SMILES string of the molecule is CNC(=O)CNc1cc(C)ccc1C(N)=S. The predicted molar refractivity (Wildman–Crippen MR) is 69.6 cm³/mol. The highest BCUT2D eigenvalue weighted by Gasteiger charge is 2.06. The highest BCUT2D eigenvalue weighted by Crippen LogP contribution is 2.17. The van der Waals surface area contributed by atoms with Crippen LogP contribution < -0.4 is 16.4 Å². The zero-order chi connectivity index (χ0) is 12.1. The Morgan fingerprint density at radius 2 is 2.19 bits per heavy atom. The lowest BCUT2D eigenvalue weighted by atomic mass is 10.1. The molecule has 0 aliphatic rings. The molecule has 0 saturated carbocycles. The molecule has 1 aromatic carbocycles. The van der Waals surface area contributed by atoms with Crippen LogP contribution in [0.25, 0.3) is 0 Å². The van der Waals surface area contributed by atoms with Gasteiger partial charge in [0.25, 0.3) is 0 Å². The summed E-state index contributed by atoms with van der Waals surface area (Å²) >= 11 is 4.94. The van der Waals surface area contributed by atoms with Crippen molar-refractivity contribution in [1.82, 2.24) is 5.32 Å². The molecule has 0 aromatic heterocycles. The second kappa shape index (κ2) is 5.46. The van der Waals surface area contributed by atoms with Crippen LogP contribution in [0, 0.1) is 6.92 Å². The van der Waals surface area contributed by atoms with Crippen molar-refractivity contribution < 1.29 is 4.79 Å². The molecular weight excluding hydrogens is 222 g/mol. The van der Waals surface area contributed by atoms with E-state index in [-0.39, 0.29) is 12.5 Å². The molecule has 0 aliphatic carbocycles. The number of carbonyl (C=O) groups is 1. The van der Waals surface area contributed by atoms with E-state index >= 15 is 0 Å². The quantitative estimate of drug-likeness (QED) is 0.677. The molecule has 0 atom stereocenters. The highest BCUT2D eigenvalue weighted by atomic mass is 32.1. The van der Waals surface area contributed by atoms with Crippen LogP contribution in [0.2, 0.25) is 0 Å². The summed E-state index contributed by atoms with van der Waals surface area (Å²) in [6.07, 6.45) is 0. The summed E-state index contributed by atoms with van der Waals surface area (Å²) in [5.74, 6) is -0.0876. The van der Waals surface area contributed by atoms with Gasteiger partial charge >= 0.3 is 0 Å². The van der Waals surface area contributed by atoms with Gasteiger partial charge in [-0.15, -0.1) is 0 Å². The lowest BCUT2D eigenvalue weighted by molar-refractivity contribution is -0.118. The van der Waals surface area contributed by atoms with E-state index in [4.69, 9.17) is 18.0 Å². The second-order valence-electron chi connectivity index (χ2n) is 3.44. The summed E-state index contributed by atoms with van der Waals surface area (Å²) < 4.78 is 0. The normalized spacial score (nSPS) is 9.62. The molecule has 0 saturated heterocycles. The van der Waals surface area contributed by atoms with Gasteiger partial charge in [-0.05, 0) is 24.6 Å². The highest BCUT2D eigenvalue weighted by molar-refractivity contribution is 7.80. The zero-order valence-electron chi connectivity index (χ0n) is 9.33. The van der Waals surface area contributed by atoms with Crippen molar-refractivity contribution in [2.45, 2.75) is 6.92 Å². The molecule has 0 bridgehead atoms. The summed E-state index contributed by atoms with van der Waals surface area (Å²) in [6, 6.07) is 5.70. The Balaban J connectivity index is 2.88. The van der Waals surface area contributed by atoms with Crippen molar-refractivity contribution in [2.75, 3.05) is 18.9 Å². The number of carbonyl (C=O) groups excluding carboxylic acids is 1. The first kappa shape index (κ1) is 12.4. The van der Waals surface area contributed by atoms with E-state index in [0.717, 1.165) is 16.8 Å². The average Bonchev–Trinajstić information content (AvgIpc) is 2.25. The standard InChI is InChI=1S/C11H15N3OS/c1-7-3-4-8(11(12)16)9(5-7)14-6-10(15)13-2/h3-5,14H,6H2,1-2H3,(H2,12,16)(H,13,15). The van der Waals surface area contributed by atoms with E-state index < -0.39 is 0 Å². The molecule has 1 aromatic rings. The lowest BCUT2D eigenvalue weighted by Crippen LogP contribution is -2.27. The van der Waals surface area contributed by atoms with Crippen molar-refractivity contribution in [3.63, 3.8) is 0 Å². The van der Waals surface area contributed by atoms with Crippen LogP contribution in [0.3, 0.4) is 0 Å². The molecule has 0 spiro atoms. The number of hydrogen-bond acceptors (Lipinski definition) is 3. The van der Waals surface area contributed by atoms with Gasteiger partial charge in [-0.3, -0.25) is 4.79 Å². The maximum Gasteiger partial charge on any atom is 0.239 e. The molecule has 0 fully saturated rings. The van der Waals surface area contributed by atoms with E-state index in [0.29, 0.717) is 4.99 Å². The molecule has 86 valence electrons. The fourth-order valence-electron chi connectivity index (χ4n) is 1.28. The van der Waals surface area contributed by atoms with E-state index in [1.807, 2.05) is 25.1 Å². The molecule has 0 unspecified atom stereocenters. The van der Waals surface area contributed by atoms with Crippen LogP contribution in [0.4, 0.5) is 5.69 Å². The summed E-state index contributed by atoms with van der Waals surface area (Å²) in [6.45, 7) is 2.17. The number of amides is 1. The summed E-state index contributed by atoms with van der Waals surface area (Å²) in [7, 11) is 1.59. The zero-order valence-corrected chi connectivity index (χ0v) is 10.1. The minimum Gasteiger partial charge on any atom is -0.389 e. The van der Waals surface area contributed by atoms with Gasteiger partial charge in [0, 0.05) is 18.3 Å². The van der Waals surface area contributed by atoms with Crippen molar-refractivity contribution in [3.8, 4) is 0 Å². The van der Waals surface area contributed by atoms with Crippen molar-refractivity contribution in [3.05, 3.63) is 29.3 Å². The molecule has 0 aliphatic heterocycles. The Morgan fingerprint density at radius 1 is 1.50 bits per heavy atom. The smallest absolute Gasteiger partial charge is 0.239 e. The molecule has 0 heterocycles. The van der Waals surface area contributed by atoms with E-state index in [9.17, 15) is 4.79 Å². The van der Waals surface area contributed by atoms with Gasteiger partial charge in [0.1, 0.15) is 4.99 Å². The summed E-state index contributed by atoms with van der Waals surface area (Å²) in [5, 5.41) is 5.54. The van der Waals surface area contributed by atoms with Gasteiger partial charge in [0.15, 0.2) is 0 Å². The van der Waals surface area contributed by atoms with Crippen LogP contribution in [-0.2, 0) is 4.79 Å². The fraction of sp³-hybridized carbons (Fsp3) is 0.273. The maximum absolute atomic E-state index is 11.1. The fourth-order valence-corrected chi connectivity index (χ4v) is 1.46. The van der Waals surface area contributed by atoms with Crippen LogP contribution in [0.15, 0.2) is 18.2 Å². The van der Waals surface area contributed by atoms with Gasteiger partial charge in [-0.25, -0.2) is 0 Å². The van der Waals surface area contributed by atoms with E-state index in [1.165, 1.54) is 0 Å². The topological polar surface area (TPSA) is 67.2 Å². The molecule has 0 radical (unpaired) electrons. The number of nitrogens with one attached hydrogen (secondary N) is 2. The molecule has 1 rings (SSSR count). The predicted octanol–water partition coefficient (Wildman–Crippen LogP) is 0.787. The second-order valence-corrected chi connectivity index (χ2v) is 3.88. The Kier molecular flexibility index (Phi) is 4.25.